The van der Waals surface area contributed by atoms with Gasteiger partial charge in [0, 0.05) is 12.8 Å². The average Bonchev–Trinajstić information content (AvgIpc) is 3.25. The van der Waals surface area contributed by atoms with Gasteiger partial charge in [0.1, 0.15) is 19.8 Å². The van der Waals surface area contributed by atoms with Crippen LogP contribution in [-0.4, -0.2) is 74.9 Å². The SMILES string of the molecule is CC/C=C/C/C=C/C/C=C/C/C=C/C/C=C/C/C=C/CCC(=O)O[C@H](COC(=O)CCCCCCCCCCCCCCCCCCCCCCC)COP(=O)(O)OCC[N+](C)(C)C. The summed E-state index contributed by atoms with van der Waals surface area (Å²) in [6, 6.07) is 0. The number of unbranched alkanes of at least 4 members (excludes halogenated alkanes) is 20. The molecule has 0 aromatic heterocycles. The second-order valence-corrected chi connectivity index (χ2v) is 19.6. The van der Waals surface area contributed by atoms with Gasteiger partial charge in [0.2, 0.25) is 0 Å². The Bertz CT molecular complexity index is 1310. The van der Waals surface area contributed by atoms with Gasteiger partial charge in [-0.25, -0.2) is 4.57 Å². The molecular formula is C54H97NO8P+. The summed E-state index contributed by atoms with van der Waals surface area (Å²) in [6.45, 7) is 4.24. The largest absolute Gasteiger partial charge is 0.472 e. The van der Waals surface area contributed by atoms with Crippen molar-refractivity contribution in [2.24, 2.45) is 0 Å². The van der Waals surface area contributed by atoms with Gasteiger partial charge in [0.15, 0.2) is 6.10 Å². The molecule has 0 spiro atoms. The number of quaternary nitrogens is 1. The van der Waals surface area contributed by atoms with Crippen molar-refractivity contribution in [2.45, 2.75) is 213 Å². The molecule has 9 nitrogen and oxygen atoms in total. The van der Waals surface area contributed by atoms with Crippen LogP contribution >= 0.6 is 7.82 Å². The minimum atomic E-state index is -4.40. The fourth-order valence-electron chi connectivity index (χ4n) is 6.81. The second-order valence-electron chi connectivity index (χ2n) is 18.2. The number of phosphoric ester groups is 1. The van der Waals surface area contributed by atoms with Crippen LogP contribution in [0.1, 0.15) is 206 Å². The van der Waals surface area contributed by atoms with Gasteiger partial charge >= 0.3 is 19.8 Å². The third-order valence-corrected chi connectivity index (χ3v) is 11.7. The van der Waals surface area contributed by atoms with Crippen LogP contribution in [0.3, 0.4) is 0 Å². The molecule has 64 heavy (non-hydrogen) atoms. The highest BCUT2D eigenvalue weighted by molar-refractivity contribution is 7.47. The summed E-state index contributed by atoms with van der Waals surface area (Å²) < 4.78 is 34.3. The smallest absolute Gasteiger partial charge is 0.462 e. The Morgan fingerprint density at radius 2 is 0.891 bits per heavy atom. The minimum Gasteiger partial charge on any atom is -0.462 e. The number of likely N-dealkylation sites (N-methyl/N-ethyl adjacent to an activating group) is 1. The van der Waals surface area contributed by atoms with E-state index in [-0.39, 0.29) is 32.0 Å². The number of phosphoric acid groups is 1. The number of ether oxygens (including phenoxy) is 2. The molecule has 0 aliphatic carbocycles. The summed E-state index contributed by atoms with van der Waals surface area (Å²) in [5.74, 6) is -0.893. The molecule has 0 fully saturated rings. The van der Waals surface area contributed by atoms with E-state index in [0.29, 0.717) is 17.4 Å². The third kappa shape index (κ3) is 48.9. The summed E-state index contributed by atoms with van der Waals surface area (Å²) in [4.78, 5) is 35.5. The molecule has 2 atom stereocenters. The third-order valence-electron chi connectivity index (χ3n) is 10.8. The van der Waals surface area contributed by atoms with E-state index in [1.54, 1.807) is 0 Å². The van der Waals surface area contributed by atoms with E-state index < -0.39 is 26.5 Å². The number of hydrogen-bond donors (Lipinski definition) is 1. The number of carbonyl (C=O) groups is 2. The van der Waals surface area contributed by atoms with Gasteiger partial charge in [-0.05, 0) is 51.4 Å². The summed E-state index contributed by atoms with van der Waals surface area (Å²) >= 11 is 0. The van der Waals surface area contributed by atoms with E-state index in [9.17, 15) is 19.0 Å². The molecule has 370 valence electrons. The van der Waals surface area contributed by atoms with E-state index in [0.717, 1.165) is 57.8 Å². The fourth-order valence-corrected chi connectivity index (χ4v) is 7.55. The van der Waals surface area contributed by atoms with Crippen molar-refractivity contribution in [3.05, 3.63) is 72.9 Å². The maximum atomic E-state index is 12.7. The molecule has 0 saturated heterocycles. The van der Waals surface area contributed by atoms with Gasteiger partial charge in [-0.1, -0.05) is 215 Å². The lowest BCUT2D eigenvalue weighted by Gasteiger charge is -2.24. The molecule has 0 amide bonds. The topological polar surface area (TPSA) is 108 Å². The first-order chi connectivity index (χ1) is 31.0. The molecule has 0 saturated carbocycles. The zero-order chi connectivity index (χ0) is 47.1. The van der Waals surface area contributed by atoms with Crippen molar-refractivity contribution in [1.82, 2.24) is 0 Å². The maximum absolute atomic E-state index is 12.7. The van der Waals surface area contributed by atoms with Crippen LogP contribution in [0.2, 0.25) is 0 Å². The minimum absolute atomic E-state index is 0.0161. The van der Waals surface area contributed by atoms with Crippen molar-refractivity contribution >= 4 is 19.8 Å². The lowest BCUT2D eigenvalue weighted by Crippen LogP contribution is -2.37. The normalized spacial score (nSPS) is 14.0. The Balaban J connectivity index is 4.34. The van der Waals surface area contributed by atoms with Crippen molar-refractivity contribution < 1.29 is 42.1 Å². The van der Waals surface area contributed by atoms with Crippen LogP contribution < -0.4 is 0 Å². The maximum Gasteiger partial charge on any atom is 0.472 e. The number of hydrogen-bond acceptors (Lipinski definition) is 7. The lowest BCUT2D eigenvalue weighted by molar-refractivity contribution is -0.870. The molecule has 0 bridgehead atoms. The highest BCUT2D eigenvalue weighted by atomic mass is 31.2. The predicted molar refractivity (Wildman–Crippen MR) is 270 cm³/mol. The highest BCUT2D eigenvalue weighted by Crippen LogP contribution is 2.43. The monoisotopic (exact) mass is 919 g/mol. The van der Waals surface area contributed by atoms with Gasteiger partial charge in [-0.15, -0.1) is 0 Å². The zero-order valence-corrected chi connectivity index (χ0v) is 42.6. The van der Waals surface area contributed by atoms with Gasteiger partial charge in [0.25, 0.3) is 0 Å². The molecule has 0 aliphatic heterocycles. The van der Waals surface area contributed by atoms with Crippen LogP contribution in [0.15, 0.2) is 72.9 Å². The summed E-state index contributed by atoms with van der Waals surface area (Å²) in [5, 5.41) is 0. The first-order valence-electron chi connectivity index (χ1n) is 25.7. The number of carbonyl (C=O) groups excluding carboxylic acids is 2. The van der Waals surface area contributed by atoms with Crippen molar-refractivity contribution in [3.63, 3.8) is 0 Å². The Kier molecular flexibility index (Phi) is 43.8. The standard InChI is InChI=1S/C54H96NO8P/c1-6-8-10-12-14-16-18-20-22-24-26-27-29-30-32-34-36-38-40-42-44-46-53(56)60-50-52(51-62-64(58,59)61-49-48-55(3,4)5)63-54(57)47-45-43-41-39-37-35-33-31-28-25-23-21-19-17-15-13-11-9-7-2/h9,11,15,17,21,23,28,31,35,37,41,43,52H,6-8,10,12-14,16,18-20,22,24-27,29-30,32-34,36,38-40,42,44-51H2,1-5H3/p+1/b11-9+,17-15+,23-21+,31-28+,37-35+,43-41+/t52-/m1/s1. The van der Waals surface area contributed by atoms with Gasteiger partial charge in [-0.3, -0.25) is 18.6 Å². The first-order valence-corrected chi connectivity index (χ1v) is 27.2. The predicted octanol–water partition coefficient (Wildman–Crippen LogP) is 15.4. The second kappa shape index (κ2) is 45.6. The van der Waals surface area contributed by atoms with Crippen LogP contribution in [0.25, 0.3) is 0 Å². The molecule has 0 aromatic rings. The molecule has 0 rings (SSSR count). The number of esters is 2. The molecule has 1 N–H and O–H groups in total. The van der Waals surface area contributed by atoms with E-state index in [2.05, 4.69) is 74.6 Å². The van der Waals surface area contributed by atoms with Crippen LogP contribution in [-0.2, 0) is 32.7 Å². The van der Waals surface area contributed by atoms with Gasteiger partial charge in [-0.2, -0.15) is 0 Å². The molecule has 0 aliphatic rings. The number of nitrogens with zero attached hydrogens (tertiary/aromatic N) is 1. The quantitative estimate of drug-likeness (QED) is 0.0211. The van der Waals surface area contributed by atoms with E-state index in [1.165, 1.54) is 116 Å². The molecule has 10 heteroatoms. The zero-order valence-electron chi connectivity index (χ0n) is 41.7. The Morgan fingerprint density at radius 1 is 0.500 bits per heavy atom. The first kappa shape index (κ1) is 61.5. The molecule has 0 aromatic carbocycles. The fraction of sp³-hybridized carbons (Fsp3) is 0.741. The molecule has 1 unspecified atom stereocenters. The van der Waals surface area contributed by atoms with Crippen LogP contribution in [0.4, 0.5) is 0 Å². The van der Waals surface area contributed by atoms with E-state index in [1.807, 2.05) is 33.3 Å². The summed E-state index contributed by atoms with van der Waals surface area (Å²) in [5.41, 5.74) is 0. The summed E-state index contributed by atoms with van der Waals surface area (Å²) in [6.07, 6.45) is 58.4. The molecular weight excluding hydrogens is 822 g/mol. The van der Waals surface area contributed by atoms with Crippen molar-refractivity contribution in [2.75, 3.05) is 47.5 Å². The van der Waals surface area contributed by atoms with Crippen LogP contribution in [0.5, 0.6) is 0 Å². The lowest BCUT2D eigenvalue weighted by atomic mass is 10.0. The van der Waals surface area contributed by atoms with Crippen molar-refractivity contribution in [1.29, 1.82) is 0 Å². The van der Waals surface area contributed by atoms with Gasteiger partial charge in [0.05, 0.1) is 27.7 Å². The summed E-state index contributed by atoms with van der Waals surface area (Å²) in [7, 11) is 1.43. The Labute approximate surface area is 393 Å². The molecule has 0 heterocycles. The van der Waals surface area contributed by atoms with E-state index in [4.69, 9.17) is 18.5 Å². The average molecular weight is 919 g/mol. The van der Waals surface area contributed by atoms with Crippen LogP contribution in [0, 0.1) is 0 Å². The Morgan fingerprint density at radius 3 is 1.30 bits per heavy atom. The number of allylic oxidation sites excluding steroid dienone is 12. The number of rotatable bonds is 46. The van der Waals surface area contributed by atoms with E-state index >= 15 is 0 Å². The Hall–Kier alpha value is -2.55. The van der Waals surface area contributed by atoms with Crippen molar-refractivity contribution in [3.8, 4) is 0 Å². The highest BCUT2D eigenvalue weighted by Gasteiger charge is 2.27. The molecule has 0 radical (unpaired) electrons. The van der Waals surface area contributed by atoms with Gasteiger partial charge < -0.3 is 18.9 Å².